The third-order valence-electron chi connectivity index (χ3n) is 1.87. The van der Waals surface area contributed by atoms with Gasteiger partial charge in [-0.15, -0.1) is 10.2 Å². The third-order valence-corrected chi connectivity index (χ3v) is 2.51. The molecule has 72 valence electrons. The van der Waals surface area contributed by atoms with Gasteiger partial charge in [-0.05, 0) is 30.5 Å². The lowest BCUT2D eigenvalue weighted by Gasteiger charge is -2.04. The SMILES string of the molecule is CSc1nncn1-c1ccc(N)cc1. The van der Waals surface area contributed by atoms with Crippen molar-refractivity contribution >= 4 is 17.4 Å². The van der Waals surface area contributed by atoms with E-state index in [-0.39, 0.29) is 0 Å². The number of nitrogens with zero attached hydrogens (tertiary/aromatic N) is 3. The van der Waals surface area contributed by atoms with E-state index in [1.807, 2.05) is 35.1 Å². The summed E-state index contributed by atoms with van der Waals surface area (Å²) in [6.45, 7) is 0. The smallest absolute Gasteiger partial charge is 0.195 e. The van der Waals surface area contributed by atoms with Crippen LogP contribution in [0.1, 0.15) is 0 Å². The van der Waals surface area contributed by atoms with E-state index in [0.29, 0.717) is 0 Å². The molecule has 0 radical (unpaired) electrons. The molecule has 2 aromatic rings. The van der Waals surface area contributed by atoms with Gasteiger partial charge in [0.25, 0.3) is 0 Å². The van der Waals surface area contributed by atoms with Crippen molar-refractivity contribution in [3.8, 4) is 5.69 Å². The van der Waals surface area contributed by atoms with Gasteiger partial charge in [-0.25, -0.2) is 0 Å². The average Bonchev–Trinajstić information content (AvgIpc) is 2.67. The Kier molecular flexibility index (Phi) is 2.41. The summed E-state index contributed by atoms with van der Waals surface area (Å²) in [4.78, 5) is 0. The largest absolute Gasteiger partial charge is 0.399 e. The number of anilines is 1. The minimum absolute atomic E-state index is 0.757. The summed E-state index contributed by atoms with van der Waals surface area (Å²) in [5, 5.41) is 8.70. The Labute approximate surface area is 86.1 Å². The van der Waals surface area contributed by atoms with Crippen LogP contribution in [0.3, 0.4) is 0 Å². The first-order valence-electron chi connectivity index (χ1n) is 4.11. The zero-order valence-electron chi connectivity index (χ0n) is 7.71. The summed E-state index contributed by atoms with van der Waals surface area (Å²) in [6, 6.07) is 7.61. The van der Waals surface area contributed by atoms with Crippen LogP contribution >= 0.6 is 11.8 Å². The van der Waals surface area contributed by atoms with Crippen LogP contribution in [-0.4, -0.2) is 21.0 Å². The summed E-state index contributed by atoms with van der Waals surface area (Å²) in [6.07, 6.45) is 3.66. The van der Waals surface area contributed by atoms with Gasteiger partial charge in [0, 0.05) is 11.4 Å². The molecule has 0 saturated carbocycles. The Bertz CT molecular complexity index is 421. The van der Waals surface area contributed by atoms with Crippen molar-refractivity contribution in [1.29, 1.82) is 0 Å². The molecule has 0 spiro atoms. The third kappa shape index (κ3) is 1.58. The Morgan fingerprint density at radius 3 is 2.64 bits per heavy atom. The molecule has 1 heterocycles. The maximum Gasteiger partial charge on any atom is 0.195 e. The van der Waals surface area contributed by atoms with Crippen molar-refractivity contribution in [2.75, 3.05) is 12.0 Å². The van der Waals surface area contributed by atoms with Gasteiger partial charge in [0.15, 0.2) is 5.16 Å². The fourth-order valence-corrected chi connectivity index (χ4v) is 1.65. The molecule has 14 heavy (non-hydrogen) atoms. The fraction of sp³-hybridized carbons (Fsp3) is 0.111. The first kappa shape index (κ1) is 9.08. The molecule has 0 fully saturated rings. The van der Waals surface area contributed by atoms with Gasteiger partial charge in [0.2, 0.25) is 0 Å². The number of nitrogens with two attached hydrogens (primary N) is 1. The van der Waals surface area contributed by atoms with Crippen LogP contribution in [0, 0.1) is 0 Å². The molecule has 2 rings (SSSR count). The molecule has 5 heteroatoms. The molecule has 0 unspecified atom stereocenters. The molecule has 1 aromatic heterocycles. The highest BCUT2D eigenvalue weighted by atomic mass is 32.2. The van der Waals surface area contributed by atoms with Crippen LogP contribution in [0.2, 0.25) is 0 Å². The standard InChI is InChI=1S/C9H10N4S/c1-14-9-12-11-6-13(9)8-4-2-7(10)3-5-8/h2-6H,10H2,1H3. The van der Waals surface area contributed by atoms with Crippen LogP contribution in [0.25, 0.3) is 5.69 Å². The number of rotatable bonds is 2. The van der Waals surface area contributed by atoms with Crippen molar-refractivity contribution in [1.82, 2.24) is 14.8 Å². The zero-order chi connectivity index (χ0) is 9.97. The van der Waals surface area contributed by atoms with Gasteiger partial charge < -0.3 is 5.73 Å². The number of hydrogen-bond donors (Lipinski definition) is 1. The average molecular weight is 206 g/mol. The number of nitrogen functional groups attached to an aromatic ring is 1. The minimum atomic E-state index is 0.757. The van der Waals surface area contributed by atoms with Crippen molar-refractivity contribution in [3.63, 3.8) is 0 Å². The van der Waals surface area contributed by atoms with Crippen LogP contribution in [0.5, 0.6) is 0 Å². The van der Waals surface area contributed by atoms with Crippen LogP contribution < -0.4 is 5.73 Å². The van der Waals surface area contributed by atoms with Gasteiger partial charge in [0.1, 0.15) is 6.33 Å². The molecular formula is C9H10N4S. The first-order valence-corrected chi connectivity index (χ1v) is 5.33. The second-order valence-electron chi connectivity index (χ2n) is 2.78. The number of aromatic nitrogens is 3. The molecule has 2 N–H and O–H groups in total. The zero-order valence-corrected chi connectivity index (χ0v) is 8.53. The molecule has 0 atom stereocenters. The highest BCUT2D eigenvalue weighted by Crippen LogP contribution is 2.17. The summed E-state index contributed by atoms with van der Waals surface area (Å²) in [5.41, 5.74) is 7.38. The molecule has 0 bridgehead atoms. The maximum absolute atomic E-state index is 5.60. The number of hydrogen-bond acceptors (Lipinski definition) is 4. The van der Waals surface area contributed by atoms with E-state index in [4.69, 9.17) is 5.73 Å². The van der Waals surface area contributed by atoms with E-state index < -0.39 is 0 Å². The molecule has 1 aromatic carbocycles. The molecule has 0 aliphatic carbocycles. The highest BCUT2D eigenvalue weighted by Gasteiger charge is 2.03. The molecule has 0 saturated heterocycles. The molecule has 0 aliphatic rings. The summed E-state index contributed by atoms with van der Waals surface area (Å²) >= 11 is 1.56. The van der Waals surface area contributed by atoms with Gasteiger partial charge >= 0.3 is 0 Å². The Morgan fingerprint density at radius 1 is 1.29 bits per heavy atom. The van der Waals surface area contributed by atoms with Gasteiger partial charge in [-0.3, -0.25) is 4.57 Å². The topological polar surface area (TPSA) is 56.7 Å². The van der Waals surface area contributed by atoms with Gasteiger partial charge in [-0.1, -0.05) is 11.8 Å². The lowest BCUT2D eigenvalue weighted by Crippen LogP contribution is -1.94. The van der Waals surface area contributed by atoms with Gasteiger partial charge in [-0.2, -0.15) is 0 Å². The van der Waals surface area contributed by atoms with Crippen LogP contribution in [0.4, 0.5) is 5.69 Å². The van der Waals surface area contributed by atoms with E-state index in [2.05, 4.69) is 10.2 Å². The lowest BCUT2D eigenvalue weighted by molar-refractivity contribution is 0.887. The second-order valence-corrected chi connectivity index (χ2v) is 3.55. The Morgan fingerprint density at radius 2 is 2.00 bits per heavy atom. The van der Waals surface area contributed by atoms with E-state index in [0.717, 1.165) is 16.5 Å². The van der Waals surface area contributed by atoms with Crippen molar-refractivity contribution < 1.29 is 0 Å². The summed E-state index contributed by atoms with van der Waals surface area (Å²) < 4.78 is 1.92. The van der Waals surface area contributed by atoms with Crippen molar-refractivity contribution in [3.05, 3.63) is 30.6 Å². The fourth-order valence-electron chi connectivity index (χ4n) is 1.18. The van der Waals surface area contributed by atoms with Gasteiger partial charge in [0.05, 0.1) is 0 Å². The monoisotopic (exact) mass is 206 g/mol. The quantitative estimate of drug-likeness (QED) is 0.598. The predicted molar refractivity (Wildman–Crippen MR) is 57.6 cm³/mol. The Hall–Kier alpha value is -1.49. The summed E-state index contributed by atoms with van der Waals surface area (Å²) in [5.74, 6) is 0. The number of benzene rings is 1. The lowest BCUT2D eigenvalue weighted by atomic mass is 10.3. The normalized spacial score (nSPS) is 10.4. The van der Waals surface area contributed by atoms with E-state index in [9.17, 15) is 0 Å². The Balaban J connectivity index is 2.44. The molecule has 0 amide bonds. The molecular weight excluding hydrogens is 196 g/mol. The first-order chi connectivity index (χ1) is 6.81. The van der Waals surface area contributed by atoms with E-state index in [1.165, 1.54) is 0 Å². The van der Waals surface area contributed by atoms with Crippen LogP contribution in [-0.2, 0) is 0 Å². The maximum atomic E-state index is 5.60. The molecule has 0 aliphatic heterocycles. The summed E-state index contributed by atoms with van der Waals surface area (Å²) in [7, 11) is 0. The predicted octanol–water partition coefficient (Wildman–Crippen LogP) is 1.57. The van der Waals surface area contributed by atoms with Crippen LogP contribution in [0.15, 0.2) is 35.7 Å². The van der Waals surface area contributed by atoms with E-state index in [1.54, 1.807) is 18.1 Å². The second kappa shape index (κ2) is 3.71. The molecule has 4 nitrogen and oxygen atoms in total. The van der Waals surface area contributed by atoms with E-state index >= 15 is 0 Å². The van der Waals surface area contributed by atoms with Crippen molar-refractivity contribution in [2.24, 2.45) is 0 Å². The van der Waals surface area contributed by atoms with Crippen molar-refractivity contribution in [2.45, 2.75) is 5.16 Å². The number of thioether (sulfide) groups is 1. The minimum Gasteiger partial charge on any atom is -0.399 e. The highest BCUT2D eigenvalue weighted by molar-refractivity contribution is 7.98.